The maximum absolute atomic E-state index is 10.5. The molecule has 5 heteroatoms. The zero-order chi connectivity index (χ0) is 12.7. The summed E-state index contributed by atoms with van der Waals surface area (Å²) in [5.74, 6) is -0.0733. The first kappa shape index (κ1) is 14.0. The molecule has 17 heavy (non-hydrogen) atoms. The summed E-state index contributed by atoms with van der Waals surface area (Å²) in [4.78, 5) is 14.7. The van der Waals surface area contributed by atoms with Gasteiger partial charge in [-0.15, -0.1) is 11.3 Å². The van der Waals surface area contributed by atoms with Crippen LogP contribution in [0, 0.1) is 5.92 Å². The summed E-state index contributed by atoms with van der Waals surface area (Å²) in [6.07, 6.45) is 3.61. The lowest BCUT2D eigenvalue weighted by atomic mass is 10.1. The molecule has 0 radical (unpaired) electrons. The minimum Gasteiger partial charge on any atom is -0.481 e. The number of rotatable bonds is 8. The average Bonchev–Trinajstić information content (AvgIpc) is 2.63. The van der Waals surface area contributed by atoms with Crippen molar-refractivity contribution in [1.82, 2.24) is 4.98 Å². The van der Waals surface area contributed by atoms with Crippen molar-refractivity contribution in [3.63, 3.8) is 0 Å². The molecule has 0 saturated heterocycles. The molecule has 0 amide bonds. The zero-order valence-corrected chi connectivity index (χ0v) is 11.2. The first-order valence-electron chi connectivity index (χ1n) is 5.98. The second-order valence-electron chi connectivity index (χ2n) is 4.53. The maximum Gasteiger partial charge on any atom is 0.309 e. The number of unbranched alkanes of at least 4 members (excludes halogenated alkanes) is 1. The maximum atomic E-state index is 10.5. The van der Waals surface area contributed by atoms with Gasteiger partial charge in [-0.3, -0.25) is 4.79 Å². The number of thiazole rings is 1. The van der Waals surface area contributed by atoms with E-state index in [1.165, 1.54) is 24.2 Å². The molecular weight excluding hydrogens is 236 g/mol. The number of hydrogen-bond acceptors (Lipinski definition) is 4. The number of aliphatic carboxylic acids is 1. The van der Waals surface area contributed by atoms with Crippen molar-refractivity contribution in [2.75, 3.05) is 11.9 Å². The Bertz CT molecular complexity index is 350. The van der Waals surface area contributed by atoms with E-state index in [4.69, 9.17) is 5.11 Å². The molecule has 2 N–H and O–H groups in total. The number of nitrogens with zero attached hydrogens (tertiary/aromatic N) is 1. The Morgan fingerprint density at radius 3 is 2.94 bits per heavy atom. The van der Waals surface area contributed by atoms with Gasteiger partial charge in [0.2, 0.25) is 0 Å². The van der Waals surface area contributed by atoms with Crippen LogP contribution < -0.4 is 5.32 Å². The summed E-state index contributed by atoms with van der Waals surface area (Å²) >= 11 is 1.47. The van der Waals surface area contributed by atoms with E-state index in [9.17, 15) is 4.79 Å². The van der Waals surface area contributed by atoms with Crippen LogP contribution >= 0.6 is 11.3 Å². The summed E-state index contributed by atoms with van der Waals surface area (Å²) in [7, 11) is 0. The van der Waals surface area contributed by atoms with E-state index < -0.39 is 5.97 Å². The quantitative estimate of drug-likeness (QED) is 0.702. The molecular formula is C12H20N2O2S. The molecule has 0 atom stereocenters. The van der Waals surface area contributed by atoms with Crippen LogP contribution in [-0.4, -0.2) is 22.6 Å². The largest absolute Gasteiger partial charge is 0.481 e. The van der Waals surface area contributed by atoms with Crippen LogP contribution in [0.3, 0.4) is 0 Å². The number of aromatic nitrogens is 1. The summed E-state index contributed by atoms with van der Waals surface area (Å²) in [6.45, 7) is 5.37. The summed E-state index contributed by atoms with van der Waals surface area (Å²) in [6, 6.07) is 0. The van der Waals surface area contributed by atoms with Gasteiger partial charge < -0.3 is 10.4 Å². The van der Waals surface area contributed by atoms with Gasteiger partial charge in [-0.2, -0.15) is 0 Å². The van der Waals surface area contributed by atoms with Crippen LogP contribution in [0.25, 0.3) is 0 Å². The van der Waals surface area contributed by atoms with Crippen molar-refractivity contribution in [3.05, 3.63) is 11.1 Å². The minimum absolute atomic E-state index is 0.00549. The minimum atomic E-state index is -0.834. The number of nitrogens with one attached hydrogen (secondary N) is 1. The highest BCUT2D eigenvalue weighted by Gasteiger charge is 2.05. The first-order valence-corrected chi connectivity index (χ1v) is 6.86. The van der Waals surface area contributed by atoms with Crippen LogP contribution in [-0.2, 0) is 11.2 Å². The van der Waals surface area contributed by atoms with E-state index in [0.29, 0.717) is 5.69 Å². The monoisotopic (exact) mass is 256 g/mol. The number of hydrogen-bond donors (Lipinski definition) is 2. The van der Waals surface area contributed by atoms with Crippen molar-refractivity contribution >= 4 is 22.4 Å². The van der Waals surface area contributed by atoms with Gasteiger partial charge in [0.25, 0.3) is 0 Å². The van der Waals surface area contributed by atoms with Crippen molar-refractivity contribution < 1.29 is 9.90 Å². The molecule has 0 aliphatic rings. The van der Waals surface area contributed by atoms with Gasteiger partial charge >= 0.3 is 5.97 Å². The van der Waals surface area contributed by atoms with E-state index in [-0.39, 0.29) is 6.42 Å². The average molecular weight is 256 g/mol. The molecule has 0 unspecified atom stereocenters. The van der Waals surface area contributed by atoms with E-state index in [0.717, 1.165) is 24.0 Å². The molecule has 0 aromatic carbocycles. The fourth-order valence-electron chi connectivity index (χ4n) is 1.50. The number of carboxylic acid groups (broad SMARTS) is 1. The van der Waals surface area contributed by atoms with Gasteiger partial charge in [0.05, 0.1) is 12.1 Å². The van der Waals surface area contributed by atoms with E-state index in [2.05, 4.69) is 24.1 Å². The Kier molecular flexibility index (Phi) is 5.97. The topological polar surface area (TPSA) is 62.2 Å². The van der Waals surface area contributed by atoms with Gasteiger partial charge in [0.1, 0.15) is 0 Å². The molecule has 0 aliphatic carbocycles. The van der Waals surface area contributed by atoms with Crippen LogP contribution in [0.5, 0.6) is 0 Å². The predicted octanol–water partition coefficient (Wildman–Crippen LogP) is 3.01. The van der Waals surface area contributed by atoms with Crippen molar-refractivity contribution in [2.45, 2.75) is 39.5 Å². The normalized spacial score (nSPS) is 10.8. The van der Waals surface area contributed by atoms with E-state index in [1.54, 1.807) is 5.38 Å². The second kappa shape index (κ2) is 7.27. The van der Waals surface area contributed by atoms with Gasteiger partial charge in [0, 0.05) is 11.9 Å². The predicted molar refractivity (Wildman–Crippen MR) is 70.6 cm³/mol. The van der Waals surface area contributed by atoms with Crippen LogP contribution in [0.2, 0.25) is 0 Å². The lowest BCUT2D eigenvalue weighted by Crippen LogP contribution is -2.03. The Morgan fingerprint density at radius 2 is 2.29 bits per heavy atom. The molecule has 1 aromatic rings. The SMILES string of the molecule is CC(C)CCCCNc1nc(CC(=O)O)cs1. The zero-order valence-electron chi connectivity index (χ0n) is 10.4. The Hall–Kier alpha value is -1.10. The standard InChI is InChI=1S/C12H20N2O2S/c1-9(2)5-3-4-6-13-12-14-10(8-17-12)7-11(15)16/h8-9H,3-7H2,1-2H3,(H,13,14)(H,15,16). The summed E-state index contributed by atoms with van der Waals surface area (Å²) < 4.78 is 0. The van der Waals surface area contributed by atoms with Crippen molar-refractivity contribution in [2.24, 2.45) is 5.92 Å². The molecule has 1 heterocycles. The highest BCUT2D eigenvalue weighted by molar-refractivity contribution is 7.13. The highest BCUT2D eigenvalue weighted by atomic mass is 32.1. The first-order chi connectivity index (χ1) is 8.08. The number of carboxylic acids is 1. The summed E-state index contributed by atoms with van der Waals surface area (Å²) in [5, 5.41) is 14.5. The highest BCUT2D eigenvalue weighted by Crippen LogP contribution is 2.16. The Labute approximate surface area is 106 Å². The molecule has 0 fully saturated rings. The Balaban J connectivity index is 2.18. The van der Waals surface area contributed by atoms with Gasteiger partial charge in [-0.25, -0.2) is 4.98 Å². The van der Waals surface area contributed by atoms with Gasteiger partial charge in [-0.1, -0.05) is 26.7 Å². The van der Waals surface area contributed by atoms with Crippen LogP contribution in [0.15, 0.2) is 5.38 Å². The summed E-state index contributed by atoms with van der Waals surface area (Å²) in [5.41, 5.74) is 0.632. The number of carbonyl (C=O) groups is 1. The van der Waals surface area contributed by atoms with Gasteiger partial charge in [0.15, 0.2) is 5.13 Å². The molecule has 1 aromatic heterocycles. The second-order valence-corrected chi connectivity index (χ2v) is 5.39. The fourth-order valence-corrected chi connectivity index (χ4v) is 2.24. The third-order valence-electron chi connectivity index (χ3n) is 2.37. The fraction of sp³-hybridized carbons (Fsp3) is 0.667. The molecule has 1 rings (SSSR count). The van der Waals surface area contributed by atoms with E-state index in [1.807, 2.05) is 0 Å². The molecule has 0 bridgehead atoms. The van der Waals surface area contributed by atoms with Gasteiger partial charge in [-0.05, 0) is 12.3 Å². The molecule has 0 saturated carbocycles. The number of anilines is 1. The van der Waals surface area contributed by atoms with Crippen LogP contribution in [0.4, 0.5) is 5.13 Å². The van der Waals surface area contributed by atoms with Crippen molar-refractivity contribution in [1.29, 1.82) is 0 Å². The third kappa shape index (κ3) is 6.26. The molecule has 96 valence electrons. The molecule has 0 aliphatic heterocycles. The lowest BCUT2D eigenvalue weighted by Gasteiger charge is -2.04. The lowest BCUT2D eigenvalue weighted by molar-refractivity contribution is -0.136. The van der Waals surface area contributed by atoms with Crippen LogP contribution in [0.1, 0.15) is 38.8 Å². The third-order valence-corrected chi connectivity index (χ3v) is 3.22. The van der Waals surface area contributed by atoms with E-state index >= 15 is 0 Å². The Morgan fingerprint density at radius 1 is 1.53 bits per heavy atom. The molecule has 4 nitrogen and oxygen atoms in total. The molecule has 0 spiro atoms. The smallest absolute Gasteiger partial charge is 0.309 e. The van der Waals surface area contributed by atoms with Crippen molar-refractivity contribution in [3.8, 4) is 0 Å².